The van der Waals surface area contributed by atoms with Gasteiger partial charge in [0.05, 0.1) is 18.7 Å². The van der Waals surface area contributed by atoms with Crippen molar-refractivity contribution >= 4 is 11.8 Å². The number of alkyl carbamates (subject to hydrolysis) is 1. The number of ether oxygens (including phenoxy) is 1. The summed E-state index contributed by atoms with van der Waals surface area (Å²) in [6, 6.07) is 18.2. The van der Waals surface area contributed by atoms with Gasteiger partial charge < -0.3 is 24.8 Å². The quantitative estimate of drug-likeness (QED) is 0.404. The molecule has 4 atom stereocenters. The van der Waals surface area contributed by atoms with Crippen LogP contribution in [-0.2, 0) is 10.2 Å². The Bertz CT molecular complexity index is 1300. The molecule has 0 aromatic heterocycles. The van der Waals surface area contributed by atoms with E-state index < -0.39 is 0 Å². The molecule has 2 aromatic rings. The fraction of sp³-hybridized carbons (Fsp3) is 0.611. The molecule has 2 aromatic carbocycles. The molecule has 1 amide bonds. The predicted octanol–water partition coefficient (Wildman–Crippen LogP) is 5.94. The zero-order valence-electron chi connectivity index (χ0n) is 26.2. The fourth-order valence-electron chi connectivity index (χ4n) is 8.97. The first kappa shape index (κ1) is 30.9. The first-order valence-electron chi connectivity index (χ1n) is 16.8. The molecule has 3 saturated heterocycles. The Morgan fingerprint density at radius 3 is 2.43 bits per heavy atom. The lowest BCUT2D eigenvalue weighted by molar-refractivity contribution is 0.0164. The summed E-state index contributed by atoms with van der Waals surface area (Å²) in [4.78, 5) is 20.2. The average Bonchev–Trinajstić information content (AvgIpc) is 3.35. The third-order valence-electron chi connectivity index (χ3n) is 11.3. The Morgan fingerprint density at radius 2 is 1.75 bits per heavy atom. The monoisotopic (exact) mass is 601 g/mol. The van der Waals surface area contributed by atoms with Crippen molar-refractivity contribution in [3.05, 3.63) is 65.5 Å². The van der Waals surface area contributed by atoms with Crippen LogP contribution in [0.5, 0.6) is 0 Å². The molecule has 1 saturated carbocycles. The number of carbonyl (C=O) groups is 1. The number of nitrogens with zero attached hydrogens (tertiary/aromatic N) is 4. The second kappa shape index (κ2) is 13.9. The number of carbonyl (C=O) groups excluding carboxylic acids is 1. The van der Waals surface area contributed by atoms with Crippen molar-refractivity contribution in [2.24, 2.45) is 11.8 Å². The second-order valence-electron chi connectivity index (χ2n) is 13.5. The molecule has 1 aliphatic carbocycles. The number of nitrogens with one attached hydrogen (secondary N) is 1. The van der Waals surface area contributed by atoms with Crippen LogP contribution in [0.25, 0.3) is 0 Å². The molecule has 1 N–H and O–H groups in total. The van der Waals surface area contributed by atoms with Gasteiger partial charge in [-0.05, 0) is 131 Å². The third-order valence-corrected chi connectivity index (χ3v) is 11.3. The number of rotatable bonds is 8. The molecule has 1 unspecified atom stereocenters. The molecule has 0 spiro atoms. The van der Waals surface area contributed by atoms with Crippen LogP contribution in [0.2, 0.25) is 0 Å². The van der Waals surface area contributed by atoms with E-state index in [2.05, 4.69) is 44.3 Å². The Hall–Kier alpha value is -3.15. The smallest absolute Gasteiger partial charge is 0.407 e. The highest BCUT2D eigenvalue weighted by Gasteiger charge is 2.53. The zero-order chi connectivity index (χ0) is 30.5. The van der Waals surface area contributed by atoms with Crippen LogP contribution in [0.15, 0.2) is 48.5 Å². The zero-order valence-corrected chi connectivity index (χ0v) is 26.2. The van der Waals surface area contributed by atoms with E-state index in [1.165, 1.54) is 25.6 Å². The van der Waals surface area contributed by atoms with Gasteiger partial charge in [-0.15, -0.1) is 0 Å². The van der Waals surface area contributed by atoms with E-state index >= 15 is 0 Å². The molecule has 236 valence electrons. The number of piperidine rings is 1. The van der Waals surface area contributed by atoms with Crippen LogP contribution in [0.4, 0.5) is 14.9 Å². The van der Waals surface area contributed by atoms with Crippen LogP contribution in [0.1, 0.15) is 68.9 Å². The lowest BCUT2D eigenvalue weighted by Crippen LogP contribution is -2.59. The molecular weight excluding hydrogens is 553 g/mol. The highest BCUT2D eigenvalue weighted by molar-refractivity contribution is 5.67. The minimum absolute atomic E-state index is 0.0279. The number of anilines is 1. The maximum absolute atomic E-state index is 15.0. The fourth-order valence-corrected chi connectivity index (χ4v) is 8.97. The van der Waals surface area contributed by atoms with Gasteiger partial charge in [0.25, 0.3) is 0 Å². The van der Waals surface area contributed by atoms with Crippen molar-refractivity contribution in [3.63, 3.8) is 0 Å². The molecule has 4 aliphatic rings. The topological polar surface area (TPSA) is 71.8 Å². The molecule has 3 heterocycles. The van der Waals surface area contributed by atoms with Crippen LogP contribution in [0, 0.1) is 29.0 Å². The summed E-state index contributed by atoms with van der Waals surface area (Å²) in [6.45, 7) is 7.31. The van der Waals surface area contributed by atoms with Crippen molar-refractivity contribution < 1.29 is 13.9 Å². The molecule has 0 radical (unpaired) electrons. The minimum atomic E-state index is -0.364. The Morgan fingerprint density at radius 1 is 0.955 bits per heavy atom. The molecule has 6 rings (SSSR count). The Balaban J connectivity index is 1.21. The van der Waals surface area contributed by atoms with Gasteiger partial charge in [-0.1, -0.05) is 18.6 Å². The number of hydrogen-bond acceptors (Lipinski definition) is 6. The number of methoxy groups -OCH3 is 1. The largest absolute Gasteiger partial charge is 0.453 e. The van der Waals surface area contributed by atoms with Gasteiger partial charge in [0.2, 0.25) is 0 Å². The molecule has 0 bridgehead atoms. The van der Waals surface area contributed by atoms with Crippen molar-refractivity contribution in [2.75, 3.05) is 57.8 Å². The van der Waals surface area contributed by atoms with Crippen molar-refractivity contribution in [1.82, 2.24) is 15.1 Å². The molecule has 8 heteroatoms. The Labute approximate surface area is 262 Å². The molecule has 3 aliphatic heterocycles. The summed E-state index contributed by atoms with van der Waals surface area (Å²) in [7, 11) is 1.44. The summed E-state index contributed by atoms with van der Waals surface area (Å²) >= 11 is 0. The number of amides is 1. The van der Waals surface area contributed by atoms with Crippen molar-refractivity contribution in [2.45, 2.75) is 75.3 Å². The third kappa shape index (κ3) is 6.46. The van der Waals surface area contributed by atoms with E-state index in [1.807, 2.05) is 18.2 Å². The van der Waals surface area contributed by atoms with E-state index in [4.69, 9.17) is 4.74 Å². The van der Waals surface area contributed by atoms with E-state index in [1.54, 1.807) is 12.1 Å². The number of benzene rings is 2. The van der Waals surface area contributed by atoms with Gasteiger partial charge in [0, 0.05) is 42.8 Å². The van der Waals surface area contributed by atoms with E-state index in [0.29, 0.717) is 17.5 Å². The highest BCUT2D eigenvalue weighted by Crippen LogP contribution is 2.51. The first-order valence-corrected chi connectivity index (χ1v) is 16.8. The lowest BCUT2D eigenvalue weighted by atomic mass is 9.57. The minimum Gasteiger partial charge on any atom is -0.453 e. The molecule has 4 fully saturated rings. The number of hydrogen-bond donors (Lipinski definition) is 1. The lowest BCUT2D eigenvalue weighted by Gasteiger charge is -2.54. The van der Waals surface area contributed by atoms with Gasteiger partial charge in [-0.25, -0.2) is 9.18 Å². The summed E-state index contributed by atoms with van der Waals surface area (Å²) in [5.74, 6) is 0.472. The normalized spacial score (nSPS) is 26.7. The highest BCUT2D eigenvalue weighted by atomic mass is 19.1. The second-order valence-corrected chi connectivity index (χ2v) is 13.5. The first-order chi connectivity index (χ1) is 21.5. The standard InChI is InChI=1S/C36H48FN5O2/c1-44-35(43)39-34-10-3-9-33(34)36(26-40-18-5-19-40,29-6-2-7-30(37)24-29)28-15-21-42(22-16-28)31-8-4-20-41(23-17-31)32-13-11-27(25-38)12-14-32/h2,6-7,11-14,24,28,31,33-34H,3-5,8-10,15-23,26H2,1H3,(H,39,43)/t31?,33-,34-,36-/m0/s1. The van der Waals surface area contributed by atoms with E-state index in [9.17, 15) is 14.4 Å². The van der Waals surface area contributed by atoms with Crippen LogP contribution in [0.3, 0.4) is 0 Å². The summed E-state index contributed by atoms with van der Waals surface area (Å²) in [6.07, 6.45) is 9.56. The SMILES string of the molecule is COC(=O)N[C@H]1CCC[C@@H]1[C@](CN1CCC1)(c1cccc(F)c1)C1CCN(C2CCCN(c3ccc(C#N)cc3)CC2)CC1. The van der Waals surface area contributed by atoms with Crippen molar-refractivity contribution in [1.29, 1.82) is 5.26 Å². The number of halogens is 1. The average molecular weight is 602 g/mol. The number of likely N-dealkylation sites (tertiary alicyclic amines) is 2. The summed E-state index contributed by atoms with van der Waals surface area (Å²) < 4.78 is 20.0. The van der Waals surface area contributed by atoms with Crippen LogP contribution in [-0.4, -0.2) is 80.9 Å². The van der Waals surface area contributed by atoms with E-state index in [0.717, 1.165) is 96.3 Å². The van der Waals surface area contributed by atoms with Gasteiger partial charge in [0.15, 0.2) is 0 Å². The van der Waals surface area contributed by atoms with Crippen molar-refractivity contribution in [3.8, 4) is 6.07 Å². The Kier molecular flexibility index (Phi) is 9.73. The molecule has 7 nitrogen and oxygen atoms in total. The number of nitriles is 1. The van der Waals surface area contributed by atoms with E-state index in [-0.39, 0.29) is 29.3 Å². The van der Waals surface area contributed by atoms with Gasteiger partial charge in [0.1, 0.15) is 5.82 Å². The molecule has 44 heavy (non-hydrogen) atoms. The molecular formula is C36H48FN5O2. The van der Waals surface area contributed by atoms with Gasteiger partial charge in [-0.2, -0.15) is 5.26 Å². The van der Waals surface area contributed by atoms with Crippen LogP contribution < -0.4 is 10.2 Å². The van der Waals surface area contributed by atoms with Gasteiger partial charge in [-0.3, -0.25) is 0 Å². The van der Waals surface area contributed by atoms with Gasteiger partial charge >= 0.3 is 6.09 Å². The summed E-state index contributed by atoms with van der Waals surface area (Å²) in [5, 5.41) is 12.4. The maximum Gasteiger partial charge on any atom is 0.407 e. The summed E-state index contributed by atoms with van der Waals surface area (Å²) in [5.41, 5.74) is 2.80. The predicted molar refractivity (Wildman–Crippen MR) is 171 cm³/mol. The maximum atomic E-state index is 15.0. The van der Waals surface area contributed by atoms with Crippen LogP contribution >= 0.6 is 0 Å².